The van der Waals surface area contributed by atoms with E-state index in [9.17, 15) is 9.18 Å². The first-order valence-electron chi connectivity index (χ1n) is 6.73. The molecule has 3 N–H and O–H groups in total. The summed E-state index contributed by atoms with van der Waals surface area (Å²) in [6, 6.07) is 9.55. The number of hydrogen-bond donors (Lipinski definition) is 3. The van der Waals surface area contributed by atoms with Crippen molar-refractivity contribution in [3.63, 3.8) is 0 Å². The molecule has 108 valence electrons. The van der Waals surface area contributed by atoms with Crippen LogP contribution in [0.4, 0.5) is 10.2 Å². The number of benzene rings is 1. The van der Waals surface area contributed by atoms with Gasteiger partial charge in [0.25, 0.3) is 0 Å². The van der Waals surface area contributed by atoms with Crippen LogP contribution in [0.3, 0.4) is 0 Å². The summed E-state index contributed by atoms with van der Waals surface area (Å²) in [6.07, 6.45) is 2.41. The average molecular weight is 286 g/mol. The van der Waals surface area contributed by atoms with Crippen molar-refractivity contribution in [1.82, 2.24) is 15.8 Å². The monoisotopic (exact) mass is 286 g/mol. The number of carbonyl (C=O) groups is 1. The topological polar surface area (TPSA) is 66.0 Å². The Morgan fingerprint density at radius 3 is 2.57 bits per heavy atom. The number of anilines is 1. The van der Waals surface area contributed by atoms with E-state index in [-0.39, 0.29) is 17.8 Å². The predicted octanol–water partition coefficient (Wildman–Crippen LogP) is 1.69. The van der Waals surface area contributed by atoms with Crippen molar-refractivity contribution in [2.45, 2.75) is 12.5 Å². The lowest BCUT2D eigenvalue weighted by Gasteiger charge is -2.10. The molecule has 21 heavy (non-hydrogen) atoms. The number of carbonyl (C=O) groups excluding carboxylic acids is 1. The van der Waals surface area contributed by atoms with E-state index in [0.29, 0.717) is 5.82 Å². The van der Waals surface area contributed by atoms with Crippen LogP contribution in [0, 0.1) is 5.82 Å². The Morgan fingerprint density at radius 1 is 1.19 bits per heavy atom. The van der Waals surface area contributed by atoms with E-state index in [2.05, 4.69) is 21.2 Å². The summed E-state index contributed by atoms with van der Waals surface area (Å²) < 4.78 is 12.9. The molecule has 5 nitrogen and oxygen atoms in total. The minimum atomic E-state index is -0.270. The van der Waals surface area contributed by atoms with Gasteiger partial charge in [-0.2, -0.15) is 0 Å². The SMILES string of the molecule is O=C(Nc1ccc(-c2ccc(F)cc2)cn1)C1CCNN1. The van der Waals surface area contributed by atoms with Crippen LogP contribution in [-0.4, -0.2) is 23.5 Å². The maximum absolute atomic E-state index is 12.9. The molecule has 0 radical (unpaired) electrons. The highest BCUT2D eigenvalue weighted by atomic mass is 19.1. The minimum absolute atomic E-state index is 0.109. The number of hydrogen-bond acceptors (Lipinski definition) is 4. The standard InChI is InChI=1S/C15H15FN4O/c16-12-4-1-10(2-5-12)11-3-6-14(17-9-11)19-15(21)13-7-8-18-20-13/h1-6,9,13,18,20H,7-8H2,(H,17,19,21). The summed E-state index contributed by atoms with van der Waals surface area (Å²) in [5.74, 6) is 0.120. The first-order valence-corrected chi connectivity index (χ1v) is 6.73. The van der Waals surface area contributed by atoms with Gasteiger partial charge in [-0.3, -0.25) is 10.2 Å². The predicted molar refractivity (Wildman–Crippen MR) is 77.8 cm³/mol. The fourth-order valence-electron chi connectivity index (χ4n) is 2.17. The highest BCUT2D eigenvalue weighted by molar-refractivity contribution is 5.94. The number of amides is 1. The third kappa shape index (κ3) is 3.24. The second kappa shape index (κ2) is 5.99. The summed E-state index contributed by atoms with van der Waals surface area (Å²) >= 11 is 0. The molecule has 6 heteroatoms. The summed E-state index contributed by atoms with van der Waals surface area (Å²) in [5, 5.41) is 2.76. The molecule has 0 aliphatic carbocycles. The van der Waals surface area contributed by atoms with Crippen LogP contribution in [-0.2, 0) is 4.79 Å². The Hall–Kier alpha value is -2.31. The molecule has 0 saturated carbocycles. The van der Waals surface area contributed by atoms with Crippen molar-refractivity contribution in [2.75, 3.05) is 11.9 Å². The average Bonchev–Trinajstić information content (AvgIpc) is 3.03. The van der Waals surface area contributed by atoms with Gasteiger partial charge >= 0.3 is 0 Å². The maximum atomic E-state index is 12.9. The third-order valence-electron chi connectivity index (χ3n) is 3.34. The Labute approximate surface area is 121 Å². The molecule has 1 aromatic carbocycles. The number of pyridine rings is 1. The fourth-order valence-corrected chi connectivity index (χ4v) is 2.17. The Kier molecular flexibility index (Phi) is 3.89. The first kappa shape index (κ1) is 13.7. The van der Waals surface area contributed by atoms with Gasteiger partial charge in [0.1, 0.15) is 17.7 Å². The molecule has 2 aromatic rings. The lowest BCUT2D eigenvalue weighted by atomic mass is 10.1. The molecule has 1 saturated heterocycles. The smallest absolute Gasteiger partial charge is 0.244 e. The number of rotatable bonds is 3. The summed E-state index contributed by atoms with van der Waals surface area (Å²) in [4.78, 5) is 16.1. The quantitative estimate of drug-likeness (QED) is 0.803. The number of halogens is 1. The number of aromatic nitrogens is 1. The highest BCUT2D eigenvalue weighted by Gasteiger charge is 2.21. The maximum Gasteiger partial charge on any atom is 0.244 e. The third-order valence-corrected chi connectivity index (χ3v) is 3.34. The van der Waals surface area contributed by atoms with Gasteiger partial charge in [0.2, 0.25) is 5.91 Å². The minimum Gasteiger partial charge on any atom is -0.309 e. The van der Waals surface area contributed by atoms with E-state index in [4.69, 9.17) is 0 Å². The normalized spacial score (nSPS) is 17.7. The van der Waals surface area contributed by atoms with Gasteiger partial charge in [0.05, 0.1) is 0 Å². The van der Waals surface area contributed by atoms with Crippen molar-refractivity contribution in [3.8, 4) is 11.1 Å². The van der Waals surface area contributed by atoms with Crippen molar-refractivity contribution in [1.29, 1.82) is 0 Å². The molecule has 1 unspecified atom stereocenters. The molecule has 1 aliphatic rings. The number of nitrogens with zero attached hydrogens (tertiary/aromatic N) is 1. The highest BCUT2D eigenvalue weighted by Crippen LogP contribution is 2.20. The van der Waals surface area contributed by atoms with Gasteiger partial charge in [-0.05, 0) is 36.2 Å². The first-order chi connectivity index (χ1) is 10.2. The van der Waals surface area contributed by atoms with E-state index in [1.807, 2.05) is 6.07 Å². The molecular weight excluding hydrogens is 271 g/mol. The van der Waals surface area contributed by atoms with Gasteiger partial charge in [0.15, 0.2) is 0 Å². The zero-order valence-electron chi connectivity index (χ0n) is 11.3. The van der Waals surface area contributed by atoms with E-state index in [1.165, 1.54) is 12.1 Å². The van der Waals surface area contributed by atoms with Crippen LogP contribution < -0.4 is 16.2 Å². The van der Waals surface area contributed by atoms with Gasteiger partial charge in [0, 0.05) is 18.3 Å². The number of hydrazine groups is 1. The van der Waals surface area contributed by atoms with E-state index >= 15 is 0 Å². The van der Waals surface area contributed by atoms with E-state index in [1.54, 1.807) is 24.4 Å². The molecule has 1 aliphatic heterocycles. The Balaban J connectivity index is 1.69. The van der Waals surface area contributed by atoms with Crippen LogP contribution in [0.2, 0.25) is 0 Å². The molecule has 2 heterocycles. The molecule has 1 fully saturated rings. The molecule has 0 bridgehead atoms. The number of nitrogens with one attached hydrogen (secondary N) is 3. The van der Waals surface area contributed by atoms with E-state index in [0.717, 1.165) is 24.1 Å². The Bertz CT molecular complexity index is 621. The lowest BCUT2D eigenvalue weighted by Crippen LogP contribution is -2.39. The van der Waals surface area contributed by atoms with Crippen molar-refractivity contribution in [3.05, 3.63) is 48.4 Å². The van der Waals surface area contributed by atoms with Gasteiger partial charge < -0.3 is 5.32 Å². The molecule has 1 atom stereocenters. The molecule has 3 rings (SSSR count). The second-order valence-electron chi connectivity index (χ2n) is 4.84. The largest absolute Gasteiger partial charge is 0.309 e. The van der Waals surface area contributed by atoms with Crippen LogP contribution in [0.1, 0.15) is 6.42 Å². The fraction of sp³-hybridized carbons (Fsp3) is 0.200. The van der Waals surface area contributed by atoms with Gasteiger partial charge in [-0.25, -0.2) is 14.8 Å². The van der Waals surface area contributed by atoms with Crippen molar-refractivity contribution >= 4 is 11.7 Å². The van der Waals surface area contributed by atoms with Crippen LogP contribution in [0.15, 0.2) is 42.6 Å². The lowest BCUT2D eigenvalue weighted by molar-refractivity contribution is -0.117. The molecular formula is C15H15FN4O. The van der Waals surface area contributed by atoms with Crippen LogP contribution in [0.25, 0.3) is 11.1 Å². The Morgan fingerprint density at radius 2 is 1.95 bits per heavy atom. The van der Waals surface area contributed by atoms with Crippen molar-refractivity contribution in [2.24, 2.45) is 0 Å². The van der Waals surface area contributed by atoms with Crippen LogP contribution >= 0.6 is 0 Å². The molecule has 1 amide bonds. The van der Waals surface area contributed by atoms with E-state index < -0.39 is 0 Å². The summed E-state index contributed by atoms with van der Waals surface area (Å²) in [7, 11) is 0. The second-order valence-corrected chi connectivity index (χ2v) is 4.84. The van der Waals surface area contributed by atoms with Crippen LogP contribution in [0.5, 0.6) is 0 Å². The van der Waals surface area contributed by atoms with Crippen molar-refractivity contribution < 1.29 is 9.18 Å². The summed E-state index contributed by atoms with van der Waals surface area (Å²) in [6.45, 7) is 0.773. The molecule has 0 spiro atoms. The zero-order chi connectivity index (χ0) is 14.7. The molecule has 1 aromatic heterocycles. The zero-order valence-corrected chi connectivity index (χ0v) is 11.3. The summed E-state index contributed by atoms with van der Waals surface area (Å²) in [5.41, 5.74) is 7.55. The van der Waals surface area contributed by atoms with Gasteiger partial charge in [-0.1, -0.05) is 12.1 Å². The van der Waals surface area contributed by atoms with Gasteiger partial charge in [-0.15, -0.1) is 0 Å².